The Bertz CT molecular complexity index is 528. The number of hydrogen-bond acceptors (Lipinski definition) is 3. The highest BCUT2D eigenvalue weighted by molar-refractivity contribution is 5.42. The fourth-order valence-corrected chi connectivity index (χ4v) is 2.03. The standard InChI is InChI=1S/C14H20N4/c1-4-13-16-14(5-2)18(17-13)12-9-7-6-8-11(12)10(3)15/h6-10H,4-5,15H2,1-3H3. The van der Waals surface area contributed by atoms with Crippen molar-refractivity contribution in [1.82, 2.24) is 14.8 Å². The van der Waals surface area contributed by atoms with Gasteiger partial charge in [0.1, 0.15) is 5.82 Å². The molecule has 0 amide bonds. The van der Waals surface area contributed by atoms with E-state index >= 15 is 0 Å². The Kier molecular flexibility index (Phi) is 3.77. The van der Waals surface area contributed by atoms with E-state index in [-0.39, 0.29) is 6.04 Å². The van der Waals surface area contributed by atoms with E-state index in [1.54, 1.807) is 0 Å². The molecule has 0 saturated carbocycles. The minimum Gasteiger partial charge on any atom is -0.324 e. The van der Waals surface area contributed by atoms with Gasteiger partial charge in [-0.3, -0.25) is 0 Å². The molecule has 18 heavy (non-hydrogen) atoms. The van der Waals surface area contributed by atoms with Crippen LogP contribution >= 0.6 is 0 Å². The van der Waals surface area contributed by atoms with E-state index in [0.29, 0.717) is 0 Å². The molecule has 0 aliphatic rings. The highest BCUT2D eigenvalue weighted by atomic mass is 15.4. The number of benzene rings is 1. The Morgan fingerprint density at radius 2 is 1.94 bits per heavy atom. The van der Waals surface area contributed by atoms with Gasteiger partial charge in [0.05, 0.1) is 5.69 Å². The van der Waals surface area contributed by atoms with Gasteiger partial charge in [-0.05, 0) is 18.6 Å². The van der Waals surface area contributed by atoms with Gasteiger partial charge < -0.3 is 5.73 Å². The lowest BCUT2D eigenvalue weighted by Gasteiger charge is -2.13. The molecule has 1 unspecified atom stereocenters. The average Bonchev–Trinajstić information content (AvgIpc) is 2.81. The van der Waals surface area contributed by atoms with Crippen LogP contribution in [-0.2, 0) is 12.8 Å². The minimum absolute atomic E-state index is 0.0137. The maximum atomic E-state index is 6.02. The first kappa shape index (κ1) is 12.8. The van der Waals surface area contributed by atoms with Gasteiger partial charge in [0.25, 0.3) is 0 Å². The number of aryl methyl sites for hydroxylation is 2. The largest absolute Gasteiger partial charge is 0.324 e. The van der Waals surface area contributed by atoms with E-state index < -0.39 is 0 Å². The molecule has 2 rings (SSSR count). The number of hydrogen-bond donors (Lipinski definition) is 1. The summed E-state index contributed by atoms with van der Waals surface area (Å²) in [5.74, 6) is 1.87. The molecule has 1 aromatic carbocycles. The van der Waals surface area contributed by atoms with Crippen LogP contribution in [0, 0.1) is 0 Å². The smallest absolute Gasteiger partial charge is 0.151 e. The molecular formula is C14H20N4. The Labute approximate surface area is 108 Å². The molecule has 0 aliphatic carbocycles. The lowest BCUT2D eigenvalue weighted by molar-refractivity contribution is 0.748. The normalized spacial score (nSPS) is 12.7. The van der Waals surface area contributed by atoms with Gasteiger partial charge in [0.2, 0.25) is 0 Å². The first-order valence-corrected chi connectivity index (χ1v) is 6.47. The first-order chi connectivity index (χ1) is 8.67. The number of para-hydroxylation sites is 1. The number of nitrogens with two attached hydrogens (primary N) is 1. The van der Waals surface area contributed by atoms with Gasteiger partial charge >= 0.3 is 0 Å². The van der Waals surface area contributed by atoms with Crippen LogP contribution in [0.25, 0.3) is 5.69 Å². The van der Waals surface area contributed by atoms with Crippen LogP contribution in [0.3, 0.4) is 0 Å². The third kappa shape index (κ3) is 2.29. The van der Waals surface area contributed by atoms with Gasteiger partial charge in [0, 0.05) is 18.9 Å². The molecule has 0 spiro atoms. The molecule has 0 fully saturated rings. The summed E-state index contributed by atoms with van der Waals surface area (Å²) in [7, 11) is 0. The first-order valence-electron chi connectivity index (χ1n) is 6.47. The summed E-state index contributed by atoms with van der Waals surface area (Å²) < 4.78 is 1.93. The second-order valence-corrected chi connectivity index (χ2v) is 4.41. The van der Waals surface area contributed by atoms with Crippen molar-refractivity contribution in [2.45, 2.75) is 39.7 Å². The lowest BCUT2D eigenvalue weighted by atomic mass is 10.1. The molecule has 4 nitrogen and oxygen atoms in total. The van der Waals surface area contributed by atoms with Crippen molar-refractivity contribution in [2.24, 2.45) is 5.73 Å². The maximum Gasteiger partial charge on any atom is 0.151 e. The highest BCUT2D eigenvalue weighted by Crippen LogP contribution is 2.20. The Hall–Kier alpha value is -1.68. The summed E-state index contributed by atoms with van der Waals surface area (Å²) in [5.41, 5.74) is 8.16. The van der Waals surface area contributed by atoms with Crippen molar-refractivity contribution < 1.29 is 0 Å². The average molecular weight is 244 g/mol. The number of nitrogens with zero attached hydrogens (tertiary/aromatic N) is 3. The molecule has 0 radical (unpaired) electrons. The lowest BCUT2D eigenvalue weighted by Crippen LogP contribution is -2.12. The summed E-state index contributed by atoms with van der Waals surface area (Å²) in [6, 6.07) is 8.10. The number of aromatic nitrogens is 3. The van der Waals surface area contributed by atoms with E-state index in [1.165, 1.54) is 0 Å². The molecule has 1 atom stereocenters. The molecule has 2 N–H and O–H groups in total. The van der Waals surface area contributed by atoms with Crippen LogP contribution in [0.15, 0.2) is 24.3 Å². The van der Waals surface area contributed by atoms with Crippen molar-refractivity contribution in [3.8, 4) is 5.69 Å². The third-order valence-electron chi connectivity index (χ3n) is 3.01. The summed E-state index contributed by atoms with van der Waals surface area (Å²) in [6.07, 6.45) is 1.71. The third-order valence-corrected chi connectivity index (χ3v) is 3.01. The Morgan fingerprint density at radius 3 is 2.56 bits per heavy atom. The molecule has 0 bridgehead atoms. The van der Waals surface area contributed by atoms with Crippen LogP contribution in [0.4, 0.5) is 0 Å². The van der Waals surface area contributed by atoms with Crippen LogP contribution < -0.4 is 5.73 Å². The van der Waals surface area contributed by atoms with Gasteiger partial charge in [-0.1, -0.05) is 32.0 Å². The van der Waals surface area contributed by atoms with Gasteiger partial charge in [-0.2, -0.15) is 5.10 Å². The molecule has 2 aromatic rings. The molecule has 1 aromatic heterocycles. The molecule has 96 valence electrons. The van der Waals surface area contributed by atoms with E-state index in [4.69, 9.17) is 5.73 Å². The van der Waals surface area contributed by atoms with Crippen LogP contribution in [0.5, 0.6) is 0 Å². The summed E-state index contributed by atoms with van der Waals surface area (Å²) >= 11 is 0. The second-order valence-electron chi connectivity index (χ2n) is 4.41. The fourth-order valence-electron chi connectivity index (χ4n) is 2.03. The second kappa shape index (κ2) is 5.31. The van der Waals surface area contributed by atoms with Crippen molar-refractivity contribution >= 4 is 0 Å². The zero-order valence-electron chi connectivity index (χ0n) is 11.2. The number of rotatable bonds is 4. The summed E-state index contributed by atoms with van der Waals surface area (Å²) in [4.78, 5) is 4.54. The monoisotopic (exact) mass is 244 g/mol. The van der Waals surface area contributed by atoms with Gasteiger partial charge in [-0.15, -0.1) is 0 Å². The SMILES string of the molecule is CCc1nc(CC)n(-c2ccccc2C(C)N)n1. The maximum absolute atomic E-state index is 6.02. The predicted molar refractivity (Wildman–Crippen MR) is 72.7 cm³/mol. The zero-order valence-corrected chi connectivity index (χ0v) is 11.2. The van der Waals surface area contributed by atoms with Crippen molar-refractivity contribution in [3.05, 3.63) is 41.5 Å². The topological polar surface area (TPSA) is 56.7 Å². The predicted octanol–water partition coefficient (Wildman–Crippen LogP) is 2.41. The Morgan fingerprint density at radius 1 is 1.22 bits per heavy atom. The van der Waals surface area contributed by atoms with E-state index in [9.17, 15) is 0 Å². The minimum atomic E-state index is -0.0137. The van der Waals surface area contributed by atoms with Crippen molar-refractivity contribution in [3.63, 3.8) is 0 Å². The van der Waals surface area contributed by atoms with E-state index in [1.807, 2.05) is 35.9 Å². The van der Waals surface area contributed by atoms with Crippen LogP contribution in [0.2, 0.25) is 0 Å². The molecule has 0 saturated heterocycles. The molecule has 4 heteroatoms. The zero-order chi connectivity index (χ0) is 13.1. The highest BCUT2D eigenvalue weighted by Gasteiger charge is 2.13. The van der Waals surface area contributed by atoms with Crippen molar-refractivity contribution in [1.29, 1.82) is 0 Å². The Balaban J connectivity index is 2.57. The van der Waals surface area contributed by atoms with Crippen molar-refractivity contribution in [2.75, 3.05) is 0 Å². The summed E-state index contributed by atoms with van der Waals surface area (Å²) in [5, 5.41) is 4.56. The van der Waals surface area contributed by atoms with Gasteiger partial charge in [0.15, 0.2) is 5.82 Å². The summed E-state index contributed by atoms with van der Waals surface area (Å²) in [6.45, 7) is 6.15. The van der Waals surface area contributed by atoms with E-state index in [2.05, 4.69) is 23.9 Å². The van der Waals surface area contributed by atoms with Gasteiger partial charge in [-0.25, -0.2) is 9.67 Å². The molecule has 0 aliphatic heterocycles. The molecule has 1 heterocycles. The van der Waals surface area contributed by atoms with Crippen LogP contribution in [-0.4, -0.2) is 14.8 Å². The fraction of sp³-hybridized carbons (Fsp3) is 0.429. The molecular weight excluding hydrogens is 224 g/mol. The quantitative estimate of drug-likeness (QED) is 0.898. The van der Waals surface area contributed by atoms with E-state index in [0.717, 1.165) is 35.7 Å². The van der Waals surface area contributed by atoms with Crippen LogP contribution in [0.1, 0.15) is 44.0 Å².